The van der Waals surface area contributed by atoms with Crippen LogP contribution in [0.2, 0.25) is 0 Å². The number of rotatable bonds is 1. The third-order valence-electron chi connectivity index (χ3n) is 3.02. The summed E-state index contributed by atoms with van der Waals surface area (Å²) < 4.78 is 0. The van der Waals surface area contributed by atoms with E-state index in [4.69, 9.17) is 0 Å². The molecule has 0 amide bonds. The Morgan fingerprint density at radius 1 is 1.09 bits per heavy atom. The summed E-state index contributed by atoms with van der Waals surface area (Å²) in [5, 5.41) is 9.41. The van der Waals surface area contributed by atoms with Gasteiger partial charge in [-0.15, -0.1) is 0 Å². The van der Waals surface area contributed by atoms with Crippen LogP contribution >= 0.6 is 0 Å². The average Bonchev–Trinajstić information content (AvgIpc) is 1.83. The van der Waals surface area contributed by atoms with Gasteiger partial charge in [-0.25, -0.2) is 0 Å². The molecule has 2 nitrogen and oxygen atoms in total. The summed E-state index contributed by atoms with van der Waals surface area (Å²) in [7, 11) is 0. The molecule has 1 heterocycles. The van der Waals surface area contributed by atoms with Gasteiger partial charge in [-0.1, -0.05) is 6.42 Å². The van der Waals surface area contributed by atoms with Gasteiger partial charge in [0.1, 0.15) is 0 Å². The lowest BCUT2D eigenvalue weighted by atomic mass is 9.90. The molecule has 1 aliphatic heterocycles. The molecule has 0 aromatic carbocycles. The lowest BCUT2D eigenvalue weighted by molar-refractivity contribution is 0.0240. The van der Waals surface area contributed by atoms with Crippen LogP contribution in [0.25, 0.3) is 0 Å². The second-order valence-electron chi connectivity index (χ2n) is 3.88. The van der Waals surface area contributed by atoms with Gasteiger partial charge in [0.15, 0.2) is 0 Å². The lowest BCUT2D eigenvalue weighted by Crippen LogP contribution is -2.47. The van der Waals surface area contributed by atoms with Crippen LogP contribution in [0.3, 0.4) is 0 Å². The van der Waals surface area contributed by atoms with Crippen LogP contribution in [0.1, 0.15) is 32.1 Å². The quantitative estimate of drug-likeness (QED) is 0.610. The van der Waals surface area contributed by atoms with Crippen molar-refractivity contribution in [3.63, 3.8) is 0 Å². The van der Waals surface area contributed by atoms with Gasteiger partial charge in [-0.2, -0.15) is 0 Å². The van der Waals surface area contributed by atoms with Crippen LogP contribution < -0.4 is 0 Å². The molecule has 1 saturated heterocycles. The highest BCUT2D eigenvalue weighted by molar-refractivity contribution is 4.83. The molecule has 1 atom stereocenters. The predicted molar refractivity (Wildman–Crippen MR) is 44.5 cm³/mol. The van der Waals surface area contributed by atoms with Gasteiger partial charge >= 0.3 is 0 Å². The summed E-state index contributed by atoms with van der Waals surface area (Å²) >= 11 is 0. The number of piperidine rings is 1. The Balaban J connectivity index is 1.82. The van der Waals surface area contributed by atoms with E-state index in [1.165, 1.54) is 32.2 Å². The number of hydrogen-bond donors (Lipinski definition) is 1. The Kier molecular flexibility index (Phi) is 2.14. The number of β-amino-alcohol motifs (C(OH)–C–C–N with tert-alkyl or cyclic N) is 1. The summed E-state index contributed by atoms with van der Waals surface area (Å²) in [6.45, 7) is 2.16. The van der Waals surface area contributed by atoms with Crippen molar-refractivity contribution in [2.75, 3.05) is 13.1 Å². The van der Waals surface area contributed by atoms with Crippen LogP contribution in [0.15, 0.2) is 0 Å². The third-order valence-corrected chi connectivity index (χ3v) is 3.02. The van der Waals surface area contributed by atoms with Crippen LogP contribution in [0.5, 0.6) is 0 Å². The van der Waals surface area contributed by atoms with E-state index in [9.17, 15) is 5.11 Å². The van der Waals surface area contributed by atoms with Crippen molar-refractivity contribution in [2.45, 2.75) is 44.2 Å². The fraction of sp³-hybridized carbons (Fsp3) is 1.00. The van der Waals surface area contributed by atoms with Gasteiger partial charge in [0.25, 0.3) is 0 Å². The molecule has 2 fully saturated rings. The molecule has 2 heteroatoms. The van der Waals surface area contributed by atoms with Crippen molar-refractivity contribution in [1.82, 2.24) is 4.90 Å². The largest absolute Gasteiger partial charge is 0.392 e. The van der Waals surface area contributed by atoms with E-state index in [2.05, 4.69) is 4.90 Å². The van der Waals surface area contributed by atoms with E-state index >= 15 is 0 Å². The van der Waals surface area contributed by atoms with Crippen molar-refractivity contribution >= 4 is 0 Å². The molecule has 1 saturated carbocycles. The van der Waals surface area contributed by atoms with Crippen molar-refractivity contribution < 1.29 is 5.11 Å². The zero-order chi connectivity index (χ0) is 7.68. The average molecular weight is 155 g/mol. The van der Waals surface area contributed by atoms with Crippen molar-refractivity contribution in [2.24, 2.45) is 0 Å². The van der Waals surface area contributed by atoms with Gasteiger partial charge in [-0.05, 0) is 32.2 Å². The number of hydrogen-bond acceptors (Lipinski definition) is 2. The smallest absolute Gasteiger partial charge is 0.0667 e. The first kappa shape index (κ1) is 7.56. The normalized spacial score (nSPS) is 35.2. The van der Waals surface area contributed by atoms with Gasteiger partial charge in [-0.3, -0.25) is 4.90 Å². The summed E-state index contributed by atoms with van der Waals surface area (Å²) in [5.41, 5.74) is 0. The van der Waals surface area contributed by atoms with Gasteiger partial charge in [0, 0.05) is 12.6 Å². The molecule has 2 rings (SSSR count). The van der Waals surface area contributed by atoms with Gasteiger partial charge in [0.2, 0.25) is 0 Å². The molecule has 0 radical (unpaired) electrons. The Labute approximate surface area is 68.2 Å². The van der Waals surface area contributed by atoms with Crippen LogP contribution in [0, 0.1) is 0 Å². The van der Waals surface area contributed by atoms with Crippen molar-refractivity contribution in [1.29, 1.82) is 0 Å². The first-order valence-corrected chi connectivity index (χ1v) is 4.78. The molecule has 2 aliphatic rings. The van der Waals surface area contributed by atoms with E-state index in [1.54, 1.807) is 0 Å². The van der Waals surface area contributed by atoms with E-state index in [0.717, 1.165) is 19.0 Å². The molecule has 0 bridgehead atoms. The lowest BCUT2D eigenvalue weighted by Gasteiger charge is -2.41. The number of aliphatic hydroxyl groups is 1. The second-order valence-corrected chi connectivity index (χ2v) is 3.88. The highest BCUT2D eigenvalue weighted by Gasteiger charge is 2.28. The maximum Gasteiger partial charge on any atom is 0.0667 e. The standard InChI is InChI=1S/C9H17NO/c11-9-5-2-6-10(7-9)8-3-1-4-8/h8-9,11H,1-7H2. The molecule has 1 aliphatic carbocycles. The van der Waals surface area contributed by atoms with Gasteiger partial charge < -0.3 is 5.11 Å². The first-order chi connectivity index (χ1) is 5.36. The Morgan fingerprint density at radius 2 is 1.91 bits per heavy atom. The zero-order valence-electron chi connectivity index (χ0n) is 7.00. The Bertz CT molecular complexity index is 134. The molecule has 1 N–H and O–H groups in total. The molecule has 0 aromatic heterocycles. The van der Waals surface area contributed by atoms with Crippen LogP contribution in [0.4, 0.5) is 0 Å². The van der Waals surface area contributed by atoms with Crippen molar-refractivity contribution in [3.8, 4) is 0 Å². The van der Waals surface area contributed by atoms with E-state index < -0.39 is 0 Å². The summed E-state index contributed by atoms with van der Waals surface area (Å²) in [4.78, 5) is 2.47. The minimum Gasteiger partial charge on any atom is -0.392 e. The summed E-state index contributed by atoms with van der Waals surface area (Å²) in [5.74, 6) is 0. The molecule has 64 valence electrons. The molecule has 0 aromatic rings. The monoisotopic (exact) mass is 155 g/mol. The highest BCUT2D eigenvalue weighted by Crippen LogP contribution is 2.27. The summed E-state index contributed by atoms with van der Waals surface area (Å²) in [6, 6.07) is 0.824. The Morgan fingerprint density at radius 3 is 2.45 bits per heavy atom. The van der Waals surface area contributed by atoms with Crippen LogP contribution in [-0.2, 0) is 0 Å². The van der Waals surface area contributed by atoms with Gasteiger partial charge in [0.05, 0.1) is 6.10 Å². The minimum atomic E-state index is -0.0376. The summed E-state index contributed by atoms with van der Waals surface area (Å²) in [6.07, 6.45) is 6.31. The zero-order valence-corrected chi connectivity index (χ0v) is 7.00. The maximum absolute atomic E-state index is 9.41. The molecular weight excluding hydrogens is 138 g/mol. The second kappa shape index (κ2) is 3.11. The van der Waals surface area contributed by atoms with E-state index in [1.807, 2.05) is 0 Å². The molecular formula is C9H17NO. The Hall–Kier alpha value is -0.0800. The number of aliphatic hydroxyl groups excluding tert-OH is 1. The number of nitrogens with zero attached hydrogens (tertiary/aromatic N) is 1. The van der Waals surface area contributed by atoms with E-state index in [0.29, 0.717) is 0 Å². The molecule has 11 heavy (non-hydrogen) atoms. The topological polar surface area (TPSA) is 23.5 Å². The predicted octanol–water partition coefficient (Wildman–Crippen LogP) is 0.996. The maximum atomic E-state index is 9.41. The fourth-order valence-corrected chi connectivity index (χ4v) is 2.07. The minimum absolute atomic E-state index is 0.0376. The molecule has 1 unspecified atom stereocenters. The fourth-order valence-electron chi connectivity index (χ4n) is 2.07. The third kappa shape index (κ3) is 1.57. The van der Waals surface area contributed by atoms with Crippen molar-refractivity contribution in [3.05, 3.63) is 0 Å². The number of likely N-dealkylation sites (tertiary alicyclic amines) is 1. The van der Waals surface area contributed by atoms with Crippen LogP contribution in [-0.4, -0.2) is 35.2 Å². The molecule has 0 spiro atoms. The highest BCUT2D eigenvalue weighted by atomic mass is 16.3. The first-order valence-electron chi connectivity index (χ1n) is 4.78. The SMILES string of the molecule is OC1CCCN(C2CCC2)C1. The van der Waals surface area contributed by atoms with E-state index in [-0.39, 0.29) is 6.10 Å².